The Morgan fingerprint density at radius 3 is 2.40 bits per heavy atom. The minimum Gasteiger partial charge on any atom is -0.341 e. The molecule has 2 aliphatic rings. The Morgan fingerprint density at radius 1 is 1.15 bits per heavy atom. The van der Waals surface area contributed by atoms with Crippen molar-refractivity contribution in [3.05, 3.63) is 0 Å². The average Bonchev–Trinajstić information content (AvgIpc) is 2.90. The molecule has 5 nitrogen and oxygen atoms in total. The fourth-order valence-electron chi connectivity index (χ4n) is 3.13. The highest BCUT2D eigenvalue weighted by atomic mass is 32.2. The minimum absolute atomic E-state index is 0.0609. The maximum atomic E-state index is 12.4. The van der Waals surface area contributed by atoms with Crippen LogP contribution in [0.4, 0.5) is 0 Å². The molecule has 1 aliphatic carbocycles. The maximum absolute atomic E-state index is 12.4. The fourth-order valence-corrected chi connectivity index (χ4v) is 4.87. The summed E-state index contributed by atoms with van der Waals surface area (Å²) in [6.45, 7) is 4.75. The third kappa shape index (κ3) is 3.73. The van der Waals surface area contributed by atoms with Crippen molar-refractivity contribution in [1.82, 2.24) is 9.62 Å². The van der Waals surface area contributed by atoms with Gasteiger partial charge in [-0.25, -0.2) is 13.1 Å². The standard InChI is InChI=1S/C14H26N2O3S/c1-11(2)14(17)16-9-5-8-13(10-16)20(18,19)15-12-6-3-4-7-12/h11-13,15H,3-10H2,1-2H3/t13-/m1/s1. The van der Waals surface area contributed by atoms with Gasteiger partial charge in [0.25, 0.3) is 0 Å². The van der Waals surface area contributed by atoms with Gasteiger partial charge in [-0.15, -0.1) is 0 Å². The topological polar surface area (TPSA) is 66.5 Å². The van der Waals surface area contributed by atoms with Crippen LogP contribution in [-0.2, 0) is 14.8 Å². The first kappa shape index (κ1) is 15.8. The van der Waals surface area contributed by atoms with Crippen LogP contribution in [0.3, 0.4) is 0 Å². The van der Waals surface area contributed by atoms with E-state index in [1.807, 2.05) is 13.8 Å². The second kappa shape index (κ2) is 6.43. The zero-order chi connectivity index (χ0) is 14.8. The zero-order valence-corrected chi connectivity index (χ0v) is 13.3. The Labute approximate surface area is 122 Å². The van der Waals surface area contributed by atoms with Crippen LogP contribution < -0.4 is 4.72 Å². The molecule has 0 spiro atoms. The molecule has 0 unspecified atom stereocenters. The number of rotatable bonds is 4. The summed E-state index contributed by atoms with van der Waals surface area (Å²) in [5, 5.41) is -0.445. The highest BCUT2D eigenvalue weighted by Crippen LogP contribution is 2.22. The first-order valence-corrected chi connectivity index (χ1v) is 9.24. The molecule has 0 bridgehead atoms. The van der Waals surface area contributed by atoms with E-state index in [0.29, 0.717) is 19.5 Å². The van der Waals surface area contributed by atoms with E-state index in [-0.39, 0.29) is 17.9 Å². The summed E-state index contributed by atoms with van der Waals surface area (Å²) in [5.41, 5.74) is 0. The highest BCUT2D eigenvalue weighted by molar-refractivity contribution is 7.90. The van der Waals surface area contributed by atoms with Gasteiger partial charge in [0, 0.05) is 25.0 Å². The molecule has 1 atom stereocenters. The Hall–Kier alpha value is -0.620. The van der Waals surface area contributed by atoms with E-state index in [1.54, 1.807) is 4.90 Å². The van der Waals surface area contributed by atoms with Gasteiger partial charge in [0.15, 0.2) is 0 Å². The molecule has 2 rings (SSSR count). The highest BCUT2D eigenvalue weighted by Gasteiger charge is 2.34. The van der Waals surface area contributed by atoms with Gasteiger partial charge in [0.1, 0.15) is 0 Å². The van der Waals surface area contributed by atoms with Crippen LogP contribution in [-0.4, -0.2) is 43.6 Å². The van der Waals surface area contributed by atoms with E-state index >= 15 is 0 Å². The van der Waals surface area contributed by atoms with Crippen LogP contribution in [0, 0.1) is 5.92 Å². The summed E-state index contributed by atoms with van der Waals surface area (Å²) in [6.07, 6.45) is 5.53. The van der Waals surface area contributed by atoms with E-state index in [0.717, 1.165) is 32.1 Å². The predicted molar refractivity (Wildman–Crippen MR) is 78.8 cm³/mol. The van der Waals surface area contributed by atoms with Gasteiger partial charge in [0.05, 0.1) is 5.25 Å². The summed E-state index contributed by atoms with van der Waals surface area (Å²) in [4.78, 5) is 13.7. The Kier molecular flexibility index (Phi) is 5.07. The summed E-state index contributed by atoms with van der Waals surface area (Å²) in [5.74, 6) is -0.00925. The first-order valence-electron chi connectivity index (χ1n) is 7.70. The van der Waals surface area contributed by atoms with Crippen LogP contribution in [0.15, 0.2) is 0 Å². The molecule has 116 valence electrons. The van der Waals surface area contributed by atoms with Crippen molar-refractivity contribution in [2.24, 2.45) is 5.92 Å². The smallest absolute Gasteiger partial charge is 0.225 e. The van der Waals surface area contributed by atoms with Crippen LogP contribution in [0.5, 0.6) is 0 Å². The molecule has 6 heteroatoms. The number of amides is 1. The molecular weight excluding hydrogens is 276 g/mol. The molecule has 0 aromatic heterocycles. The number of hydrogen-bond donors (Lipinski definition) is 1. The van der Waals surface area contributed by atoms with Gasteiger partial charge in [-0.2, -0.15) is 0 Å². The monoisotopic (exact) mass is 302 g/mol. The van der Waals surface area contributed by atoms with Crippen molar-refractivity contribution in [1.29, 1.82) is 0 Å². The van der Waals surface area contributed by atoms with Crippen LogP contribution in [0.2, 0.25) is 0 Å². The van der Waals surface area contributed by atoms with Crippen molar-refractivity contribution in [3.63, 3.8) is 0 Å². The van der Waals surface area contributed by atoms with Crippen LogP contribution in [0.1, 0.15) is 52.4 Å². The second-order valence-electron chi connectivity index (χ2n) is 6.35. The summed E-state index contributed by atoms with van der Waals surface area (Å²) in [6, 6.07) is 0.108. The van der Waals surface area contributed by atoms with E-state index in [2.05, 4.69) is 4.72 Å². The summed E-state index contributed by atoms with van der Waals surface area (Å²) < 4.78 is 27.7. The Morgan fingerprint density at radius 2 is 1.80 bits per heavy atom. The van der Waals surface area contributed by atoms with Gasteiger partial charge < -0.3 is 4.90 Å². The van der Waals surface area contributed by atoms with Crippen LogP contribution >= 0.6 is 0 Å². The molecule has 1 aliphatic heterocycles. The van der Waals surface area contributed by atoms with Gasteiger partial charge in [0.2, 0.25) is 15.9 Å². The third-order valence-electron chi connectivity index (χ3n) is 4.31. The molecule has 20 heavy (non-hydrogen) atoms. The van der Waals surface area contributed by atoms with E-state index in [9.17, 15) is 13.2 Å². The van der Waals surface area contributed by atoms with Crippen molar-refractivity contribution >= 4 is 15.9 Å². The number of sulfonamides is 1. The first-order chi connectivity index (χ1) is 9.40. The van der Waals surface area contributed by atoms with E-state index in [4.69, 9.17) is 0 Å². The molecule has 1 N–H and O–H groups in total. The van der Waals surface area contributed by atoms with Gasteiger partial charge in [-0.05, 0) is 25.7 Å². The van der Waals surface area contributed by atoms with Crippen molar-refractivity contribution in [2.45, 2.75) is 63.7 Å². The molecule has 0 radical (unpaired) electrons. The van der Waals surface area contributed by atoms with Crippen LogP contribution in [0.25, 0.3) is 0 Å². The van der Waals surface area contributed by atoms with Gasteiger partial charge in [-0.1, -0.05) is 26.7 Å². The number of hydrogen-bond acceptors (Lipinski definition) is 3. The number of carbonyl (C=O) groups is 1. The lowest BCUT2D eigenvalue weighted by molar-refractivity contribution is -0.135. The second-order valence-corrected chi connectivity index (χ2v) is 8.34. The number of nitrogens with one attached hydrogen (secondary N) is 1. The van der Waals surface area contributed by atoms with E-state index in [1.165, 1.54) is 0 Å². The maximum Gasteiger partial charge on any atom is 0.225 e. The number of likely N-dealkylation sites (tertiary alicyclic amines) is 1. The minimum atomic E-state index is -3.30. The lowest BCUT2D eigenvalue weighted by Crippen LogP contribution is -2.50. The summed E-state index contributed by atoms with van der Waals surface area (Å²) >= 11 is 0. The number of carbonyl (C=O) groups excluding carboxylic acids is 1. The Balaban J connectivity index is 1.98. The predicted octanol–water partition coefficient (Wildman–Crippen LogP) is 1.50. The van der Waals surface area contributed by atoms with Gasteiger partial charge in [-0.3, -0.25) is 4.79 Å². The molecule has 1 heterocycles. The molecule has 2 fully saturated rings. The number of nitrogens with zero attached hydrogens (tertiary/aromatic N) is 1. The Bertz CT molecular complexity index is 441. The lowest BCUT2D eigenvalue weighted by Gasteiger charge is -2.34. The molecule has 1 amide bonds. The van der Waals surface area contributed by atoms with Crippen molar-refractivity contribution in [2.75, 3.05) is 13.1 Å². The zero-order valence-electron chi connectivity index (χ0n) is 12.5. The quantitative estimate of drug-likeness (QED) is 0.855. The largest absolute Gasteiger partial charge is 0.341 e. The van der Waals surface area contributed by atoms with Crippen molar-refractivity contribution in [3.8, 4) is 0 Å². The third-order valence-corrected chi connectivity index (χ3v) is 6.23. The molecule has 0 aromatic carbocycles. The lowest BCUT2D eigenvalue weighted by atomic mass is 10.1. The SMILES string of the molecule is CC(C)C(=O)N1CCC[C@@H](S(=O)(=O)NC2CCCC2)C1. The van der Waals surface area contributed by atoms with E-state index < -0.39 is 15.3 Å². The van der Waals surface area contributed by atoms with Gasteiger partial charge >= 0.3 is 0 Å². The summed E-state index contributed by atoms with van der Waals surface area (Å²) in [7, 11) is -3.30. The number of piperidine rings is 1. The normalized spacial score (nSPS) is 25.4. The molecular formula is C14H26N2O3S. The fraction of sp³-hybridized carbons (Fsp3) is 0.929. The van der Waals surface area contributed by atoms with Crippen molar-refractivity contribution < 1.29 is 13.2 Å². The average molecular weight is 302 g/mol. The molecule has 1 saturated heterocycles. The molecule has 1 saturated carbocycles. The molecule has 0 aromatic rings.